The van der Waals surface area contributed by atoms with Gasteiger partial charge in [0.1, 0.15) is 4.83 Å². The molecule has 0 bridgehead atoms. The summed E-state index contributed by atoms with van der Waals surface area (Å²) in [6.45, 7) is 8.96. The number of aryl methyl sites for hydroxylation is 2. The second kappa shape index (κ2) is 4.01. The number of hydrogen-bond donors (Lipinski definition) is 0. The second-order valence-electron chi connectivity index (χ2n) is 4.56. The highest BCUT2D eigenvalue weighted by Crippen LogP contribution is 2.25. The van der Waals surface area contributed by atoms with E-state index in [-0.39, 0.29) is 5.56 Å². The first-order valence-corrected chi connectivity index (χ1v) is 6.27. The van der Waals surface area contributed by atoms with Crippen molar-refractivity contribution in [3.8, 4) is 0 Å². The van der Waals surface area contributed by atoms with Gasteiger partial charge in [0, 0.05) is 11.4 Å². The molecule has 0 spiro atoms. The third-order valence-corrected chi connectivity index (χ3v) is 3.83. The monoisotopic (exact) mass is 236 g/mol. The molecule has 86 valence electrons. The molecule has 4 heteroatoms. The summed E-state index contributed by atoms with van der Waals surface area (Å²) in [5.74, 6) is 0.456. The lowest BCUT2D eigenvalue weighted by molar-refractivity contribution is 0.508. The summed E-state index contributed by atoms with van der Waals surface area (Å²) in [5.41, 5.74) is 1.18. The molecule has 0 saturated carbocycles. The summed E-state index contributed by atoms with van der Waals surface area (Å²) in [6, 6.07) is 0. The van der Waals surface area contributed by atoms with E-state index >= 15 is 0 Å². The van der Waals surface area contributed by atoms with E-state index in [1.807, 2.05) is 13.8 Å². The molecule has 0 saturated heterocycles. The van der Waals surface area contributed by atoms with E-state index in [1.54, 1.807) is 22.2 Å². The fourth-order valence-corrected chi connectivity index (χ4v) is 2.78. The van der Waals surface area contributed by atoms with Crippen molar-refractivity contribution in [3.63, 3.8) is 0 Å². The molecule has 0 aliphatic carbocycles. The molecule has 0 aliphatic heterocycles. The molecule has 0 radical (unpaired) electrons. The molecule has 0 aromatic carbocycles. The molecule has 2 aromatic heterocycles. The van der Waals surface area contributed by atoms with Crippen LogP contribution >= 0.6 is 11.3 Å². The Hall–Kier alpha value is -1.16. The van der Waals surface area contributed by atoms with Gasteiger partial charge in [-0.25, -0.2) is 4.98 Å². The van der Waals surface area contributed by atoms with Gasteiger partial charge < -0.3 is 0 Å². The van der Waals surface area contributed by atoms with Gasteiger partial charge in [-0.2, -0.15) is 0 Å². The summed E-state index contributed by atoms with van der Waals surface area (Å²) in [5, 5.41) is 0.797. The van der Waals surface area contributed by atoms with Crippen molar-refractivity contribution in [1.29, 1.82) is 0 Å². The molecule has 2 rings (SSSR count). The number of hydrogen-bond acceptors (Lipinski definition) is 3. The number of thiophene rings is 1. The number of rotatable bonds is 2. The van der Waals surface area contributed by atoms with E-state index < -0.39 is 0 Å². The van der Waals surface area contributed by atoms with Gasteiger partial charge >= 0.3 is 0 Å². The number of aromatic nitrogens is 2. The summed E-state index contributed by atoms with van der Waals surface area (Å²) < 4.78 is 1.71. The first-order chi connectivity index (χ1) is 7.50. The van der Waals surface area contributed by atoms with E-state index in [0.29, 0.717) is 5.92 Å². The zero-order valence-corrected chi connectivity index (χ0v) is 10.9. The molecule has 2 heterocycles. The fourth-order valence-electron chi connectivity index (χ4n) is 1.79. The van der Waals surface area contributed by atoms with E-state index in [1.165, 1.54) is 4.88 Å². The Labute approximate surface area is 98.8 Å². The van der Waals surface area contributed by atoms with Gasteiger partial charge in [0.05, 0.1) is 11.7 Å². The Kier molecular flexibility index (Phi) is 2.84. The van der Waals surface area contributed by atoms with Gasteiger partial charge in [-0.1, -0.05) is 13.8 Å². The van der Waals surface area contributed by atoms with Crippen LogP contribution in [0.4, 0.5) is 0 Å². The number of nitrogens with zero attached hydrogens (tertiary/aromatic N) is 2. The molecule has 2 aromatic rings. The van der Waals surface area contributed by atoms with Crippen molar-refractivity contribution in [2.75, 3.05) is 0 Å². The predicted octanol–water partition coefficient (Wildman–Crippen LogP) is 2.73. The minimum Gasteiger partial charge on any atom is -0.298 e. The number of fused-ring (bicyclic) bond motifs is 1. The maximum atomic E-state index is 12.2. The molecule has 0 amide bonds. The molecular formula is C12H16N2OS. The van der Waals surface area contributed by atoms with Gasteiger partial charge in [-0.05, 0) is 25.3 Å². The Morgan fingerprint density at radius 2 is 2.12 bits per heavy atom. The maximum absolute atomic E-state index is 12.2. The Balaban J connectivity index is 2.69. The van der Waals surface area contributed by atoms with Crippen molar-refractivity contribution >= 4 is 21.6 Å². The molecular weight excluding hydrogens is 220 g/mol. The van der Waals surface area contributed by atoms with Crippen molar-refractivity contribution in [2.45, 2.75) is 34.2 Å². The first-order valence-electron chi connectivity index (χ1n) is 5.46. The van der Waals surface area contributed by atoms with Crippen LogP contribution in [0, 0.1) is 19.8 Å². The summed E-state index contributed by atoms with van der Waals surface area (Å²) in [6.07, 6.45) is 1.67. The van der Waals surface area contributed by atoms with E-state index in [0.717, 1.165) is 22.3 Å². The topological polar surface area (TPSA) is 34.9 Å². The van der Waals surface area contributed by atoms with Gasteiger partial charge in [0.25, 0.3) is 5.56 Å². The van der Waals surface area contributed by atoms with Gasteiger partial charge in [0.15, 0.2) is 0 Å². The Morgan fingerprint density at radius 3 is 2.75 bits per heavy atom. The van der Waals surface area contributed by atoms with Crippen LogP contribution in [0.2, 0.25) is 0 Å². The lowest BCUT2D eigenvalue weighted by Crippen LogP contribution is -2.22. The normalized spacial score (nSPS) is 11.6. The molecule has 0 aliphatic rings. The molecule has 3 nitrogen and oxygen atoms in total. The third-order valence-electron chi connectivity index (χ3n) is 2.72. The Bertz CT molecular complexity index is 580. The summed E-state index contributed by atoms with van der Waals surface area (Å²) in [7, 11) is 0. The van der Waals surface area contributed by atoms with Crippen LogP contribution in [0.3, 0.4) is 0 Å². The van der Waals surface area contributed by atoms with Crippen LogP contribution < -0.4 is 5.56 Å². The standard InChI is InChI=1S/C12H16N2OS/c1-7(2)5-14-6-13-11-10(12(14)15)8(3)9(4)16-11/h6-7H,5H2,1-4H3. The van der Waals surface area contributed by atoms with E-state index in [4.69, 9.17) is 0 Å². The van der Waals surface area contributed by atoms with E-state index in [2.05, 4.69) is 18.8 Å². The summed E-state index contributed by atoms with van der Waals surface area (Å²) >= 11 is 1.60. The second-order valence-corrected chi connectivity index (χ2v) is 5.76. The zero-order chi connectivity index (χ0) is 11.9. The van der Waals surface area contributed by atoms with Crippen molar-refractivity contribution in [3.05, 3.63) is 27.1 Å². The predicted molar refractivity (Wildman–Crippen MR) is 68.2 cm³/mol. The largest absolute Gasteiger partial charge is 0.298 e. The quantitative estimate of drug-likeness (QED) is 0.803. The SMILES string of the molecule is Cc1sc2ncn(CC(C)C)c(=O)c2c1C. The molecule has 0 fully saturated rings. The van der Waals surface area contributed by atoms with E-state index in [9.17, 15) is 4.79 Å². The lowest BCUT2D eigenvalue weighted by atomic mass is 10.2. The third kappa shape index (κ3) is 1.78. The van der Waals surface area contributed by atoms with Gasteiger partial charge in [0.2, 0.25) is 0 Å². The van der Waals surface area contributed by atoms with Crippen LogP contribution in [0.25, 0.3) is 10.2 Å². The smallest absolute Gasteiger partial charge is 0.262 e. The lowest BCUT2D eigenvalue weighted by Gasteiger charge is -2.07. The van der Waals surface area contributed by atoms with Crippen LogP contribution in [-0.4, -0.2) is 9.55 Å². The van der Waals surface area contributed by atoms with Crippen molar-refractivity contribution < 1.29 is 0 Å². The molecule has 16 heavy (non-hydrogen) atoms. The highest BCUT2D eigenvalue weighted by Gasteiger charge is 2.12. The minimum absolute atomic E-state index is 0.0977. The van der Waals surface area contributed by atoms with Crippen LogP contribution in [0.5, 0.6) is 0 Å². The molecule has 0 unspecified atom stereocenters. The maximum Gasteiger partial charge on any atom is 0.262 e. The van der Waals surface area contributed by atoms with Crippen LogP contribution in [0.1, 0.15) is 24.3 Å². The zero-order valence-electron chi connectivity index (χ0n) is 10.1. The van der Waals surface area contributed by atoms with Crippen LogP contribution in [0.15, 0.2) is 11.1 Å². The van der Waals surface area contributed by atoms with Gasteiger partial charge in [-0.3, -0.25) is 9.36 Å². The first kappa shape index (κ1) is 11.3. The highest BCUT2D eigenvalue weighted by atomic mass is 32.1. The highest BCUT2D eigenvalue weighted by molar-refractivity contribution is 7.18. The molecule has 0 atom stereocenters. The van der Waals surface area contributed by atoms with Crippen molar-refractivity contribution in [1.82, 2.24) is 9.55 Å². The van der Waals surface area contributed by atoms with Gasteiger partial charge in [-0.15, -0.1) is 11.3 Å². The van der Waals surface area contributed by atoms with Crippen molar-refractivity contribution in [2.24, 2.45) is 5.92 Å². The minimum atomic E-state index is 0.0977. The fraction of sp³-hybridized carbons (Fsp3) is 0.500. The summed E-state index contributed by atoms with van der Waals surface area (Å²) in [4.78, 5) is 18.6. The molecule has 0 N–H and O–H groups in total. The average molecular weight is 236 g/mol. The van der Waals surface area contributed by atoms with Crippen LogP contribution in [-0.2, 0) is 6.54 Å². The Morgan fingerprint density at radius 1 is 1.44 bits per heavy atom. The average Bonchev–Trinajstić information content (AvgIpc) is 2.48.